The molecular formula is C8H6N2Na2O4S. The van der Waals surface area contributed by atoms with Crippen molar-refractivity contribution in [3.8, 4) is 5.88 Å². The van der Waals surface area contributed by atoms with Gasteiger partial charge in [0.2, 0.25) is 0 Å². The summed E-state index contributed by atoms with van der Waals surface area (Å²) >= 11 is 1.22. The Labute approximate surface area is 145 Å². The van der Waals surface area contributed by atoms with Crippen LogP contribution in [-0.4, -0.2) is 21.4 Å². The Morgan fingerprint density at radius 1 is 1.35 bits per heavy atom. The van der Waals surface area contributed by atoms with Gasteiger partial charge in [-0.05, 0) is 17.9 Å². The molecule has 0 aliphatic heterocycles. The van der Waals surface area contributed by atoms with Crippen molar-refractivity contribution in [3.05, 3.63) is 16.8 Å². The van der Waals surface area contributed by atoms with Crippen LogP contribution < -0.4 is 69.3 Å². The van der Waals surface area contributed by atoms with E-state index < -0.39 is 17.7 Å². The molecule has 2 N–H and O–H groups in total. The van der Waals surface area contributed by atoms with Crippen LogP contribution in [0.5, 0.6) is 5.88 Å². The summed E-state index contributed by atoms with van der Waals surface area (Å²) in [6, 6.07) is 0. The zero-order valence-electron chi connectivity index (χ0n) is 9.60. The van der Waals surface area contributed by atoms with Gasteiger partial charge in [0.05, 0.1) is 0 Å². The molecule has 2 heterocycles. The van der Waals surface area contributed by atoms with E-state index in [1.54, 1.807) is 12.3 Å². The van der Waals surface area contributed by atoms with Crippen LogP contribution >= 0.6 is 11.3 Å². The van der Waals surface area contributed by atoms with Crippen molar-refractivity contribution >= 4 is 27.5 Å². The largest absolute Gasteiger partial charge is 1.00 e. The fraction of sp³-hybridized carbons (Fsp3) is 0.125. The number of aromatic carboxylic acids is 1. The van der Waals surface area contributed by atoms with Crippen LogP contribution in [0, 0.1) is 6.92 Å². The number of carboxylic acid groups (broad SMARTS) is 1. The first kappa shape index (κ1) is 19.6. The summed E-state index contributed by atoms with van der Waals surface area (Å²) < 4.78 is 0. The second kappa shape index (κ2) is 7.65. The molecule has 0 aliphatic rings. The first-order valence-corrected chi connectivity index (χ1v) is 4.61. The van der Waals surface area contributed by atoms with Crippen molar-refractivity contribution in [1.29, 1.82) is 0 Å². The van der Waals surface area contributed by atoms with E-state index in [0.717, 1.165) is 5.56 Å². The van der Waals surface area contributed by atoms with Gasteiger partial charge < -0.3 is 20.5 Å². The Morgan fingerprint density at radius 3 is 2.47 bits per heavy atom. The van der Waals surface area contributed by atoms with Gasteiger partial charge in [0.1, 0.15) is 10.8 Å². The molecule has 2 aromatic heterocycles. The smallest absolute Gasteiger partial charge is 0.858 e. The summed E-state index contributed by atoms with van der Waals surface area (Å²) in [4.78, 5) is 17.8. The maximum atomic E-state index is 11.4. The monoisotopic (exact) mass is 272 g/mol. The minimum absolute atomic E-state index is 0. The first-order chi connectivity index (χ1) is 6.59. The van der Waals surface area contributed by atoms with E-state index in [9.17, 15) is 15.0 Å². The molecule has 0 spiro atoms. The van der Waals surface area contributed by atoms with Gasteiger partial charge in [-0.15, -0.1) is 11.3 Å². The van der Waals surface area contributed by atoms with E-state index in [1.165, 1.54) is 11.3 Å². The van der Waals surface area contributed by atoms with Gasteiger partial charge in [-0.1, -0.05) is 0 Å². The minimum atomic E-state index is -1.53. The second-order valence-electron chi connectivity index (χ2n) is 2.74. The summed E-state index contributed by atoms with van der Waals surface area (Å²) in [6.45, 7) is 1.75. The Hall–Kier alpha value is 0.270. The molecular weight excluding hydrogens is 266 g/mol. The molecule has 9 heteroatoms. The molecule has 0 saturated carbocycles. The summed E-state index contributed by atoms with van der Waals surface area (Å²) in [5, 5.41) is 23.9. The number of nitrogens with zero attached hydrogens (tertiary/aromatic N) is 2. The maximum absolute atomic E-state index is 11.4. The van der Waals surface area contributed by atoms with Gasteiger partial charge in [0.15, 0.2) is 5.82 Å². The third-order valence-corrected chi connectivity index (χ3v) is 2.76. The number of aryl methyl sites for hydroxylation is 1. The quantitative estimate of drug-likeness (QED) is 0.477. The number of fused-ring (bicyclic) bond motifs is 1. The van der Waals surface area contributed by atoms with Crippen molar-refractivity contribution in [2.75, 3.05) is 0 Å². The summed E-state index contributed by atoms with van der Waals surface area (Å²) in [6.07, 6.45) is 0. The molecule has 80 valence electrons. The Bertz CT molecular complexity index is 531. The topological polar surface area (TPSA) is 120 Å². The van der Waals surface area contributed by atoms with E-state index in [0.29, 0.717) is 10.2 Å². The fourth-order valence-electron chi connectivity index (χ4n) is 1.14. The summed E-state index contributed by atoms with van der Waals surface area (Å²) in [5.74, 6) is -2.65. The molecule has 0 unspecified atom stereocenters. The Kier molecular flexibility index (Phi) is 8.82. The van der Waals surface area contributed by atoms with Gasteiger partial charge in [0, 0.05) is 11.3 Å². The molecule has 0 amide bonds. The van der Waals surface area contributed by atoms with Crippen molar-refractivity contribution in [3.63, 3.8) is 0 Å². The minimum Gasteiger partial charge on any atom is -0.858 e. The van der Waals surface area contributed by atoms with E-state index in [-0.39, 0.29) is 64.6 Å². The molecule has 2 aromatic rings. The van der Waals surface area contributed by atoms with Gasteiger partial charge in [0.25, 0.3) is 0 Å². The van der Waals surface area contributed by atoms with Crippen LogP contribution in [0.3, 0.4) is 0 Å². The molecule has 6 nitrogen and oxygen atoms in total. The second-order valence-corrected chi connectivity index (χ2v) is 3.60. The van der Waals surface area contributed by atoms with Crippen LogP contribution in [0.1, 0.15) is 16.2 Å². The van der Waals surface area contributed by atoms with Gasteiger partial charge >= 0.3 is 59.1 Å². The van der Waals surface area contributed by atoms with Crippen LogP contribution in [0.2, 0.25) is 0 Å². The molecule has 0 aromatic carbocycles. The molecule has 0 radical (unpaired) electrons. The first-order valence-electron chi connectivity index (χ1n) is 3.74. The third kappa shape index (κ3) is 3.87. The number of carboxylic acids is 1. The number of rotatable bonds is 1. The normalized spacial score (nSPS) is 8.76. The Morgan fingerprint density at radius 2 is 1.94 bits per heavy atom. The van der Waals surface area contributed by atoms with Crippen LogP contribution in [-0.2, 0) is 0 Å². The van der Waals surface area contributed by atoms with E-state index >= 15 is 0 Å². The summed E-state index contributed by atoms with van der Waals surface area (Å²) in [7, 11) is 0. The van der Waals surface area contributed by atoms with Crippen molar-refractivity contribution < 1.29 is 79.6 Å². The van der Waals surface area contributed by atoms with Gasteiger partial charge in [-0.2, -0.15) is 0 Å². The number of carbonyl (C=O) groups is 1. The number of hydrogen-bond donors (Lipinski definition) is 0. The zero-order valence-corrected chi connectivity index (χ0v) is 14.4. The third-order valence-electron chi connectivity index (χ3n) is 1.77. The van der Waals surface area contributed by atoms with Crippen LogP contribution in [0.15, 0.2) is 5.38 Å². The van der Waals surface area contributed by atoms with E-state index in [1.807, 2.05) is 0 Å². The van der Waals surface area contributed by atoms with E-state index in [4.69, 9.17) is 0 Å². The zero-order chi connectivity index (χ0) is 10.3. The SMILES string of the molecule is Cc1csc2nc(C(=O)[O-])nc([O-])c12.O.[Na+].[Na+]. The number of aromatic nitrogens is 2. The molecule has 17 heavy (non-hydrogen) atoms. The molecule has 0 saturated heterocycles. The molecule has 0 aliphatic carbocycles. The van der Waals surface area contributed by atoms with Crippen molar-refractivity contribution in [1.82, 2.24) is 9.97 Å². The number of hydrogen-bond acceptors (Lipinski definition) is 6. The average Bonchev–Trinajstić information content (AvgIpc) is 2.48. The molecule has 0 atom stereocenters. The molecule has 0 bridgehead atoms. The van der Waals surface area contributed by atoms with Crippen LogP contribution in [0.4, 0.5) is 0 Å². The van der Waals surface area contributed by atoms with Crippen LogP contribution in [0.25, 0.3) is 10.2 Å². The number of carbonyl (C=O) groups excluding carboxylic acids is 1. The van der Waals surface area contributed by atoms with Gasteiger partial charge in [-0.25, -0.2) is 9.97 Å². The molecule has 0 fully saturated rings. The predicted octanol–water partition coefficient (Wildman–Crippen LogP) is -7.38. The average molecular weight is 272 g/mol. The maximum Gasteiger partial charge on any atom is 1.00 e. The Balaban J connectivity index is 0. The number of thiophene rings is 1. The molecule has 2 rings (SSSR count). The standard InChI is InChI=1S/C8H6N2O3S.2Na.H2O/c1-3-2-14-7-4(3)6(11)9-5(10-7)8(12)13;;;/h2H,1H3,(H,12,13)(H,9,10,11);;;1H2/q;2*+1;/p-2. The van der Waals surface area contributed by atoms with Crippen molar-refractivity contribution in [2.24, 2.45) is 0 Å². The van der Waals surface area contributed by atoms with Crippen molar-refractivity contribution in [2.45, 2.75) is 6.92 Å². The van der Waals surface area contributed by atoms with E-state index in [2.05, 4.69) is 9.97 Å². The van der Waals surface area contributed by atoms with Gasteiger partial charge in [-0.3, -0.25) is 0 Å². The summed E-state index contributed by atoms with van der Waals surface area (Å²) in [5.41, 5.74) is 0.764. The fourth-order valence-corrected chi connectivity index (χ4v) is 2.05. The predicted molar refractivity (Wildman–Crippen MR) is 49.5 cm³/mol.